The van der Waals surface area contributed by atoms with Crippen LogP contribution in [0.4, 0.5) is 10.1 Å². The largest absolute Gasteiger partial charge is 0.493 e. The van der Waals surface area contributed by atoms with Crippen molar-refractivity contribution in [1.82, 2.24) is 4.98 Å². The van der Waals surface area contributed by atoms with E-state index >= 15 is 0 Å². The highest BCUT2D eigenvalue weighted by Crippen LogP contribution is 2.47. The fourth-order valence-corrected chi connectivity index (χ4v) is 5.17. The van der Waals surface area contributed by atoms with Crippen molar-refractivity contribution in [2.75, 3.05) is 24.6 Å². The summed E-state index contributed by atoms with van der Waals surface area (Å²) < 4.78 is 25.2. The first-order valence-corrected chi connectivity index (χ1v) is 14.1. The van der Waals surface area contributed by atoms with Gasteiger partial charge in [-0.2, -0.15) is 0 Å². The molecule has 0 amide bonds. The average Bonchev–Trinajstić information content (AvgIpc) is 2.88. The van der Waals surface area contributed by atoms with Gasteiger partial charge in [-0.25, -0.2) is 14.2 Å². The number of carboxylic acids is 1. The summed E-state index contributed by atoms with van der Waals surface area (Å²) in [6.45, 7) is 13.5. The Morgan fingerprint density at radius 3 is 2.24 bits per heavy atom. The molecule has 0 spiro atoms. The highest BCUT2D eigenvalue weighted by Gasteiger charge is 2.37. The van der Waals surface area contributed by atoms with Crippen LogP contribution in [0.2, 0.25) is 0 Å². The van der Waals surface area contributed by atoms with Gasteiger partial charge in [0.05, 0.1) is 23.5 Å². The second kappa shape index (κ2) is 12.1. The van der Waals surface area contributed by atoms with Gasteiger partial charge in [0.1, 0.15) is 11.6 Å². The number of piperidine rings is 1. The lowest BCUT2D eigenvalue weighted by molar-refractivity contribution is -0.160. The van der Waals surface area contributed by atoms with E-state index in [4.69, 9.17) is 9.47 Å². The Kier molecular flexibility index (Phi) is 8.92. The summed E-state index contributed by atoms with van der Waals surface area (Å²) in [6, 6.07) is 13.7. The zero-order valence-corrected chi connectivity index (χ0v) is 24.8. The van der Waals surface area contributed by atoms with E-state index in [9.17, 15) is 19.4 Å². The third-order valence-electron chi connectivity index (χ3n) is 7.49. The van der Waals surface area contributed by atoms with Crippen LogP contribution in [0.5, 0.6) is 11.6 Å². The van der Waals surface area contributed by atoms with E-state index in [1.165, 1.54) is 12.1 Å². The van der Waals surface area contributed by atoms with E-state index < -0.39 is 17.7 Å². The van der Waals surface area contributed by atoms with Crippen LogP contribution in [-0.2, 0) is 16.0 Å². The van der Waals surface area contributed by atoms with Gasteiger partial charge in [0.2, 0.25) is 5.88 Å². The zero-order valence-electron chi connectivity index (χ0n) is 24.8. The molecule has 2 aromatic carbocycles. The van der Waals surface area contributed by atoms with Crippen molar-refractivity contribution in [1.29, 1.82) is 0 Å². The minimum absolute atomic E-state index is 0.157. The van der Waals surface area contributed by atoms with Crippen molar-refractivity contribution in [3.8, 4) is 22.8 Å². The Balaban J connectivity index is 1.71. The molecule has 3 aromatic rings. The maximum absolute atomic E-state index is 13.2. The molecule has 0 saturated carbocycles. The smallest absolute Gasteiger partial charge is 0.337 e. The van der Waals surface area contributed by atoms with Crippen LogP contribution in [0.25, 0.3) is 11.1 Å². The molecule has 4 rings (SSSR count). The van der Waals surface area contributed by atoms with Crippen LogP contribution in [0, 0.1) is 18.2 Å². The molecule has 1 unspecified atom stereocenters. The molecule has 7 nitrogen and oxygen atoms in total. The molecule has 8 heteroatoms. The van der Waals surface area contributed by atoms with Gasteiger partial charge in [0.25, 0.3) is 0 Å². The Labute approximate surface area is 242 Å². The second-order valence-corrected chi connectivity index (χ2v) is 12.5. The van der Waals surface area contributed by atoms with E-state index in [2.05, 4.69) is 23.7 Å². The second-order valence-electron chi connectivity index (χ2n) is 12.5. The van der Waals surface area contributed by atoms with Crippen molar-refractivity contribution >= 4 is 11.7 Å². The van der Waals surface area contributed by atoms with Crippen LogP contribution < -0.4 is 9.64 Å². The molecule has 1 atom stereocenters. The molecule has 1 fully saturated rings. The number of nitrogens with zero attached hydrogens (tertiary/aromatic N) is 2. The SMILES string of the molecule is Cc1nc(O)c(-c2ccc(OCCc3ccc(F)cc3)cc2)c(N2CCC(C)(C)CC2)c1C(OC(C)(C)C)C(=O)O. The van der Waals surface area contributed by atoms with E-state index in [1.54, 1.807) is 19.1 Å². The molecule has 0 radical (unpaired) electrons. The first kappa shape index (κ1) is 30.3. The summed E-state index contributed by atoms with van der Waals surface area (Å²) in [6.07, 6.45) is 1.22. The summed E-state index contributed by atoms with van der Waals surface area (Å²) in [7, 11) is 0. The number of benzene rings is 2. The maximum atomic E-state index is 13.2. The van der Waals surface area contributed by atoms with Crippen molar-refractivity contribution in [3.63, 3.8) is 0 Å². The van der Waals surface area contributed by atoms with Crippen molar-refractivity contribution < 1.29 is 28.9 Å². The number of carboxylic acid groups (broad SMARTS) is 1. The minimum Gasteiger partial charge on any atom is -0.493 e. The predicted octanol–water partition coefficient (Wildman–Crippen LogP) is 7.09. The number of rotatable bonds is 9. The van der Waals surface area contributed by atoms with Crippen LogP contribution in [0.1, 0.15) is 70.4 Å². The summed E-state index contributed by atoms with van der Waals surface area (Å²) in [5.74, 6) is -0.883. The number of aliphatic carboxylic acids is 1. The summed E-state index contributed by atoms with van der Waals surface area (Å²) >= 11 is 0. The van der Waals surface area contributed by atoms with Gasteiger partial charge in [-0.05, 0) is 81.3 Å². The van der Waals surface area contributed by atoms with E-state index in [0.717, 1.165) is 18.4 Å². The molecular formula is C33H41FN2O5. The fourth-order valence-electron chi connectivity index (χ4n) is 5.17. The number of hydrogen-bond acceptors (Lipinski definition) is 6. The summed E-state index contributed by atoms with van der Waals surface area (Å²) in [5, 5.41) is 21.5. The fraction of sp³-hybridized carbons (Fsp3) is 0.455. The molecule has 0 aliphatic carbocycles. The summed E-state index contributed by atoms with van der Waals surface area (Å²) in [5.41, 5.74) is 3.12. The molecule has 1 aliphatic rings. The first-order valence-electron chi connectivity index (χ1n) is 14.1. The van der Waals surface area contributed by atoms with Gasteiger partial charge < -0.3 is 24.6 Å². The molecule has 0 bridgehead atoms. The molecule has 1 saturated heterocycles. The number of hydrogen-bond donors (Lipinski definition) is 2. The number of pyridine rings is 1. The summed E-state index contributed by atoms with van der Waals surface area (Å²) in [4.78, 5) is 19.2. The first-order chi connectivity index (χ1) is 19.2. The Bertz CT molecular complexity index is 1350. The van der Waals surface area contributed by atoms with Crippen LogP contribution in [0.15, 0.2) is 48.5 Å². The van der Waals surface area contributed by atoms with Crippen LogP contribution in [-0.4, -0.2) is 46.5 Å². The monoisotopic (exact) mass is 564 g/mol. The molecule has 41 heavy (non-hydrogen) atoms. The lowest BCUT2D eigenvalue weighted by Crippen LogP contribution is -2.39. The van der Waals surface area contributed by atoms with Crippen molar-refractivity contribution in [2.24, 2.45) is 5.41 Å². The normalized spacial score (nSPS) is 15.9. The molecule has 2 N–H and O–H groups in total. The maximum Gasteiger partial charge on any atom is 0.337 e. The van der Waals surface area contributed by atoms with Crippen molar-refractivity contribution in [2.45, 2.75) is 72.5 Å². The van der Waals surface area contributed by atoms with Gasteiger partial charge in [-0.3, -0.25) is 0 Å². The Morgan fingerprint density at radius 1 is 1.07 bits per heavy atom. The topological polar surface area (TPSA) is 92.1 Å². The van der Waals surface area contributed by atoms with E-state index in [0.29, 0.717) is 59.9 Å². The minimum atomic E-state index is -1.26. The molecule has 1 aromatic heterocycles. The predicted molar refractivity (Wildman–Crippen MR) is 158 cm³/mol. The molecule has 1 aliphatic heterocycles. The van der Waals surface area contributed by atoms with Gasteiger partial charge in [-0.15, -0.1) is 0 Å². The zero-order chi connectivity index (χ0) is 29.9. The Morgan fingerprint density at radius 2 is 1.68 bits per heavy atom. The lowest BCUT2D eigenvalue weighted by atomic mass is 9.82. The number of ether oxygens (including phenoxy) is 2. The number of anilines is 1. The molecule has 2 heterocycles. The highest BCUT2D eigenvalue weighted by molar-refractivity contribution is 5.89. The standard InChI is InChI=1S/C33H41FN2O5/c1-21-26(29(31(38)39)41-32(2,3)4)28(36-18-16-33(5,6)17-19-36)27(30(37)35-21)23-9-13-25(14-10-23)40-20-15-22-7-11-24(34)12-8-22/h7-14,29H,15-20H2,1-6H3,(H,35,37)(H,38,39). The number of aryl methyl sites for hydroxylation is 1. The number of halogens is 1. The lowest BCUT2D eigenvalue weighted by Gasteiger charge is -2.41. The van der Waals surface area contributed by atoms with E-state index in [1.807, 2.05) is 45.0 Å². The Hall–Kier alpha value is -3.65. The number of aromatic nitrogens is 1. The number of aromatic hydroxyl groups is 1. The van der Waals surface area contributed by atoms with Gasteiger partial charge >= 0.3 is 5.97 Å². The van der Waals surface area contributed by atoms with E-state index in [-0.39, 0.29) is 17.1 Å². The van der Waals surface area contributed by atoms with Gasteiger partial charge in [0, 0.05) is 30.8 Å². The third-order valence-corrected chi connectivity index (χ3v) is 7.49. The van der Waals surface area contributed by atoms with Crippen LogP contribution >= 0.6 is 0 Å². The van der Waals surface area contributed by atoms with Crippen LogP contribution in [0.3, 0.4) is 0 Å². The number of carbonyl (C=O) groups is 1. The molecule has 220 valence electrons. The third kappa shape index (κ3) is 7.55. The van der Waals surface area contributed by atoms with Gasteiger partial charge in [-0.1, -0.05) is 38.1 Å². The average molecular weight is 565 g/mol. The van der Waals surface area contributed by atoms with Gasteiger partial charge in [0.15, 0.2) is 6.10 Å². The van der Waals surface area contributed by atoms with Crippen molar-refractivity contribution in [3.05, 3.63) is 71.2 Å². The molecular weight excluding hydrogens is 523 g/mol. The highest BCUT2D eigenvalue weighted by atomic mass is 19.1. The quantitative estimate of drug-likeness (QED) is 0.287.